The quantitative estimate of drug-likeness (QED) is 0.737. The van der Waals surface area contributed by atoms with E-state index in [-0.39, 0.29) is 11.4 Å². The summed E-state index contributed by atoms with van der Waals surface area (Å²) in [5, 5.41) is 2.01. The molecule has 2 rings (SSSR count). The first-order chi connectivity index (χ1) is 8.38. The number of carbonyl (C=O) groups excluding carboxylic acids is 1. The lowest BCUT2D eigenvalue weighted by Gasteiger charge is -2.23. The van der Waals surface area contributed by atoms with E-state index in [0.717, 1.165) is 10.8 Å². The second-order valence-electron chi connectivity index (χ2n) is 5.43. The van der Waals surface area contributed by atoms with E-state index in [4.69, 9.17) is 4.74 Å². The van der Waals surface area contributed by atoms with E-state index in [9.17, 15) is 4.79 Å². The minimum atomic E-state index is -0.313. The molecule has 0 fully saturated rings. The van der Waals surface area contributed by atoms with Gasteiger partial charge in [-0.05, 0) is 44.5 Å². The van der Waals surface area contributed by atoms with Gasteiger partial charge in [-0.2, -0.15) is 0 Å². The van der Waals surface area contributed by atoms with Gasteiger partial charge in [0.25, 0.3) is 0 Å². The number of fused-ring (bicyclic) bond motifs is 1. The van der Waals surface area contributed by atoms with Crippen molar-refractivity contribution in [3.8, 4) is 5.75 Å². The van der Waals surface area contributed by atoms with Gasteiger partial charge in [0.05, 0.1) is 5.56 Å². The third-order valence-corrected chi connectivity index (χ3v) is 2.66. The molecule has 0 atom stereocenters. The van der Waals surface area contributed by atoms with Crippen LogP contribution < -0.4 is 4.74 Å². The van der Waals surface area contributed by atoms with Crippen LogP contribution in [0.1, 0.15) is 38.1 Å². The van der Waals surface area contributed by atoms with Crippen LogP contribution in [0.3, 0.4) is 0 Å². The van der Waals surface area contributed by atoms with Gasteiger partial charge in [0, 0.05) is 0 Å². The molecule has 0 saturated carbocycles. The van der Waals surface area contributed by atoms with Crippen molar-refractivity contribution in [1.29, 1.82) is 0 Å². The number of benzene rings is 2. The van der Waals surface area contributed by atoms with Crippen molar-refractivity contribution in [2.75, 3.05) is 0 Å². The monoisotopic (exact) mass is 242 g/mol. The van der Waals surface area contributed by atoms with Crippen LogP contribution in [0.15, 0.2) is 36.4 Å². The van der Waals surface area contributed by atoms with E-state index < -0.39 is 0 Å². The molecular formula is C16H18O2. The Bertz CT molecular complexity index is 592. The average Bonchev–Trinajstić information content (AvgIpc) is 2.26. The molecule has 0 N–H and O–H groups in total. The van der Waals surface area contributed by atoms with Crippen LogP contribution in [0.5, 0.6) is 5.75 Å². The molecule has 0 aliphatic rings. The van der Waals surface area contributed by atoms with Gasteiger partial charge in [-0.25, -0.2) is 0 Å². The molecule has 18 heavy (non-hydrogen) atoms. The minimum Gasteiger partial charge on any atom is -0.487 e. The zero-order valence-electron chi connectivity index (χ0n) is 11.3. The largest absolute Gasteiger partial charge is 0.487 e. The van der Waals surface area contributed by atoms with Crippen LogP contribution in [-0.2, 0) is 0 Å². The molecule has 0 radical (unpaired) electrons. The molecule has 0 heterocycles. The average molecular weight is 242 g/mol. The van der Waals surface area contributed by atoms with Crippen molar-refractivity contribution >= 4 is 16.6 Å². The number of hydrogen-bond acceptors (Lipinski definition) is 2. The van der Waals surface area contributed by atoms with Gasteiger partial charge in [0.15, 0.2) is 5.78 Å². The van der Waals surface area contributed by atoms with E-state index in [0.29, 0.717) is 11.3 Å². The normalized spacial score (nSPS) is 11.6. The number of hydrogen-bond donors (Lipinski definition) is 0. The van der Waals surface area contributed by atoms with Gasteiger partial charge in [0.2, 0.25) is 0 Å². The Labute approximate surface area is 108 Å². The Hall–Kier alpha value is -1.83. The smallest absolute Gasteiger partial charge is 0.164 e. The summed E-state index contributed by atoms with van der Waals surface area (Å²) in [5.41, 5.74) is 0.357. The second kappa shape index (κ2) is 4.45. The van der Waals surface area contributed by atoms with E-state index in [2.05, 4.69) is 0 Å². The summed E-state index contributed by atoms with van der Waals surface area (Å²) in [7, 11) is 0. The molecule has 0 spiro atoms. The third kappa shape index (κ3) is 2.53. The fraction of sp³-hybridized carbons (Fsp3) is 0.312. The molecule has 0 bridgehead atoms. The van der Waals surface area contributed by atoms with E-state index >= 15 is 0 Å². The highest BCUT2D eigenvalue weighted by atomic mass is 16.5. The molecule has 2 aromatic carbocycles. The predicted molar refractivity (Wildman–Crippen MR) is 74.3 cm³/mol. The zero-order chi connectivity index (χ0) is 13.3. The Morgan fingerprint density at radius 2 is 1.72 bits per heavy atom. The third-order valence-electron chi connectivity index (χ3n) is 2.66. The lowest BCUT2D eigenvalue weighted by molar-refractivity contribution is 0.0993. The van der Waals surface area contributed by atoms with Crippen molar-refractivity contribution < 1.29 is 9.53 Å². The van der Waals surface area contributed by atoms with Crippen molar-refractivity contribution in [1.82, 2.24) is 0 Å². The zero-order valence-corrected chi connectivity index (χ0v) is 11.3. The molecule has 0 unspecified atom stereocenters. The van der Waals surface area contributed by atoms with Gasteiger partial charge >= 0.3 is 0 Å². The molecule has 0 aliphatic carbocycles. The summed E-state index contributed by atoms with van der Waals surface area (Å²) in [6, 6.07) is 11.7. The second-order valence-corrected chi connectivity index (χ2v) is 5.43. The Morgan fingerprint density at radius 1 is 1.06 bits per heavy atom. The maximum atomic E-state index is 11.9. The predicted octanol–water partition coefficient (Wildman–Crippen LogP) is 4.22. The van der Waals surface area contributed by atoms with E-state index in [1.807, 2.05) is 57.2 Å². The number of ether oxygens (including phenoxy) is 1. The van der Waals surface area contributed by atoms with Crippen molar-refractivity contribution in [3.63, 3.8) is 0 Å². The first kappa shape index (κ1) is 12.6. The maximum absolute atomic E-state index is 11.9. The van der Waals surface area contributed by atoms with E-state index in [1.54, 1.807) is 6.92 Å². The molecular weight excluding hydrogens is 224 g/mol. The van der Waals surface area contributed by atoms with Crippen LogP contribution in [0.2, 0.25) is 0 Å². The van der Waals surface area contributed by atoms with Crippen molar-refractivity contribution in [3.05, 3.63) is 42.0 Å². The van der Waals surface area contributed by atoms with Gasteiger partial charge in [-0.3, -0.25) is 4.79 Å². The standard InChI is InChI=1S/C16H18O2/c1-11(17)15-13-8-6-5-7-12(13)9-10-14(15)18-16(2,3)4/h5-10H,1-4H3. The van der Waals surface area contributed by atoms with Crippen molar-refractivity contribution in [2.45, 2.75) is 33.3 Å². The Kier molecular flexibility index (Phi) is 3.12. The fourth-order valence-electron chi connectivity index (χ4n) is 2.03. The highest BCUT2D eigenvalue weighted by Gasteiger charge is 2.18. The molecule has 0 saturated heterocycles. The van der Waals surface area contributed by atoms with Crippen LogP contribution in [0.4, 0.5) is 0 Å². The Balaban J connectivity index is 2.67. The minimum absolute atomic E-state index is 0.0334. The molecule has 94 valence electrons. The van der Waals surface area contributed by atoms with Gasteiger partial charge in [-0.15, -0.1) is 0 Å². The maximum Gasteiger partial charge on any atom is 0.164 e. The molecule has 2 nitrogen and oxygen atoms in total. The summed E-state index contributed by atoms with van der Waals surface area (Å²) in [6.07, 6.45) is 0. The lowest BCUT2D eigenvalue weighted by atomic mass is 10.0. The molecule has 2 aromatic rings. The summed E-state index contributed by atoms with van der Waals surface area (Å²) in [5.74, 6) is 0.694. The highest BCUT2D eigenvalue weighted by molar-refractivity contribution is 6.09. The fourth-order valence-corrected chi connectivity index (χ4v) is 2.03. The van der Waals surface area contributed by atoms with Gasteiger partial charge < -0.3 is 4.74 Å². The summed E-state index contributed by atoms with van der Waals surface area (Å²) in [4.78, 5) is 11.9. The number of ketones is 1. The van der Waals surface area contributed by atoms with Gasteiger partial charge in [-0.1, -0.05) is 30.3 Å². The summed E-state index contributed by atoms with van der Waals surface area (Å²) >= 11 is 0. The van der Waals surface area contributed by atoms with Crippen molar-refractivity contribution in [2.24, 2.45) is 0 Å². The number of Topliss-reactive ketones (excluding diaryl/α,β-unsaturated/α-hetero) is 1. The first-order valence-electron chi connectivity index (χ1n) is 6.10. The SMILES string of the molecule is CC(=O)c1c(OC(C)(C)C)ccc2ccccc12. The molecule has 2 heteroatoms. The van der Waals surface area contributed by atoms with Crippen LogP contribution in [0, 0.1) is 0 Å². The summed E-state index contributed by atoms with van der Waals surface area (Å²) < 4.78 is 5.88. The van der Waals surface area contributed by atoms with Crippen LogP contribution in [-0.4, -0.2) is 11.4 Å². The van der Waals surface area contributed by atoms with Gasteiger partial charge in [0.1, 0.15) is 11.4 Å². The summed E-state index contributed by atoms with van der Waals surface area (Å²) in [6.45, 7) is 7.52. The molecule has 0 aliphatic heterocycles. The molecule has 0 aromatic heterocycles. The van der Waals surface area contributed by atoms with Crippen LogP contribution in [0.25, 0.3) is 10.8 Å². The Morgan fingerprint density at radius 3 is 2.33 bits per heavy atom. The lowest BCUT2D eigenvalue weighted by Crippen LogP contribution is -2.24. The highest BCUT2D eigenvalue weighted by Crippen LogP contribution is 2.30. The number of carbonyl (C=O) groups is 1. The number of rotatable bonds is 2. The first-order valence-corrected chi connectivity index (χ1v) is 6.10. The topological polar surface area (TPSA) is 26.3 Å². The van der Waals surface area contributed by atoms with E-state index in [1.165, 1.54) is 0 Å². The van der Waals surface area contributed by atoms with Crippen LogP contribution >= 0.6 is 0 Å². The molecule has 0 amide bonds.